The lowest BCUT2D eigenvalue weighted by molar-refractivity contribution is 0.304. The molecule has 0 saturated carbocycles. The lowest BCUT2D eigenvalue weighted by Crippen LogP contribution is -2.03. The first-order valence-electron chi connectivity index (χ1n) is 5.03. The molecule has 1 aromatic rings. The maximum absolute atomic E-state index is 5.70. The maximum Gasteiger partial charge on any atom is 0.123 e. The highest BCUT2D eigenvalue weighted by Crippen LogP contribution is 2.25. The molecule has 0 aliphatic heterocycles. The van der Waals surface area contributed by atoms with Gasteiger partial charge in [-0.2, -0.15) is 0 Å². The molecule has 0 saturated heterocycles. The van der Waals surface area contributed by atoms with Crippen LogP contribution >= 0.6 is 9.24 Å². The van der Waals surface area contributed by atoms with Crippen LogP contribution < -0.4 is 4.74 Å². The lowest BCUT2D eigenvalue weighted by atomic mass is 10.0. The van der Waals surface area contributed by atoms with Crippen LogP contribution in [-0.2, 0) is 0 Å². The first-order chi connectivity index (χ1) is 6.50. The van der Waals surface area contributed by atoms with Gasteiger partial charge in [0.05, 0.1) is 0 Å². The van der Waals surface area contributed by atoms with Gasteiger partial charge in [-0.05, 0) is 37.0 Å². The molecule has 0 amide bonds. The first kappa shape index (κ1) is 11.5. The van der Waals surface area contributed by atoms with Crippen molar-refractivity contribution < 1.29 is 4.74 Å². The summed E-state index contributed by atoms with van der Waals surface area (Å²) in [6, 6.07) is 6.43. The van der Waals surface area contributed by atoms with Crippen LogP contribution in [0.5, 0.6) is 5.75 Å². The topological polar surface area (TPSA) is 9.23 Å². The van der Waals surface area contributed by atoms with Gasteiger partial charge in [-0.15, -0.1) is 0 Å². The van der Waals surface area contributed by atoms with Crippen molar-refractivity contribution in [3.8, 4) is 5.75 Å². The van der Waals surface area contributed by atoms with Crippen molar-refractivity contribution in [2.24, 2.45) is 0 Å². The largest absolute Gasteiger partial charge is 0.487 e. The van der Waals surface area contributed by atoms with Gasteiger partial charge in [-0.3, -0.25) is 0 Å². The van der Waals surface area contributed by atoms with Gasteiger partial charge in [0, 0.05) is 0 Å². The van der Waals surface area contributed by atoms with E-state index >= 15 is 0 Å². The molecule has 0 fully saturated rings. The summed E-state index contributed by atoms with van der Waals surface area (Å²) in [4.78, 5) is 0. The maximum atomic E-state index is 5.70. The Balaban J connectivity index is 2.96. The van der Waals surface area contributed by atoms with Gasteiger partial charge in [-0.1, -0.05) is 35.2 Å². The molecule has 1 nitrogen and oxygen atoms in total. The molecule has 0 aliphatic rings. The van der Waals surface area contributed by atoms with Gasteiger partial charge >= 0.3 is 0 Å². The van der Waals surface area contributed by atoms with E-state index in [0.717, 1.165) is 5.75 Å². The van der Waals surface area contributed by atoms with Gasteiger partial charge in [0.25, 0.3) is 0 Å². The summed E-state index contributed by atoms with van der Waals surface area (Å²) >= 11 is 0. The molecular formula is C12H19OP. The molecular weight excluding hydrogens is 191 g/mol. The molecule has 0 radical (unpaired) electrons. The molecule has 1 aromatic carbocycles. The summed E-state index contributed by atoms with van der Waals surface area (Å²) < 4.78 is 5.70. The van der Waals surface area contributed by atoms with Crippen LogP contribution in [0.15, 0.2) is 18.2 Å². The molecule has 0 aromatic heterocycles. The normalized spacial score (nSPS) is 13.0. The van der Waals surface area contributed by atoms with Crippen LogP contribution in [0, 0.1) is 6.92 Å². The van der Waals surface area contributed by atoms with Crippen LogP contribution in [0.4, 0.5) is 0 Å². The highest BCUT2D eigenvalue weighted by Gasteiger charge is 2.05. The zero-order valence-electron chi connectivity index (χ0n) is 9.37. The van der Waals surface area contributed by atoms with Crippen molar-refractivity contribution in [1.29, 1.82) is 0 Å². The molecule has 0 spiro atoms. The molecule has 0 aliphatic carbocycles. The molecule has 14 heavy (non-hydrogen) atoms. The van der Waals surface area contributed by atoms with Crippen LogP contribution in [-0.4, -0.2) is 5.85 Å². The van der Waals surface area contributed by atoms with Crippen molar-refractivity contribution >= 4 is 9.24 Å². The van der Waals surface area contributed by atoms with E-state index in [9.17, 15) is 0 Å². The van der Waals surface area contributed by atoms with Crippen LogP contribution in [0.2, 0.25) is 0 Å². The molecule has 0 bridgehead atoms. The summed E-state index contributed by atoms with van der Waals surface area (Å²) in [6.45, 7) is 8.48. The fraction of sp³-hybridized carbons (Fsp3) is 0.500. The SMILES string of the molecule is Cc1ccc(C(C)C)cc1OC(C)P. The minimum Gasteiger partial charge on any atom is -0.487 e. The highest BCUT2D eigenvalue weighted by molar-refractivity contribution is 7.17. The number of aryl methyl sites for hydroxylation is 1. The molecule has 2 heteroatoms. The second-order valence-electron chi connectivity index (χ2n) is 4.00. The molecule has 1 rings (SSSR count). The number of hydrogen-bond donors (Lipinski definition) is 0. The molecule has 2 unspecified atom stereocenters. The zero-order valence-corrected chi connectivity index (χ0v) is 10.5. The van der Waals surface area contributed by atoms with Crippen molar-refractivity contribution in [2.75, 3.05) is 0 Å². The average molecular weight is 210 g/mol. The van der Waals surface area contributed by atoms with Crippen molar-refractivity contribution in [3.05, 3.63) is 29.3 Å². The third-order valence-corrected chi connectivity index (χ3v) is 2.33. The Morgan fingerprint density at radius 1 is 1.21 bits per heavy atom. The van der Waals surface area contributed by atoms with Crippen LogP contribution in [0.3, 0.4) is 0 Å². The van der Waals surface area contributed by atoms with E-state index in [0.29, 0.717) is 5.92 Å². The Morgan fingerprint density at radius 3 is 2.36 bits per heavy atom. The zero-order chi connectivity index (χ0) is 10.7. The van der Waals surface area contributed by atoms with E-state index in [-0.39, 0.29) is 5.85 Å². The van der Waals surface area contributed by atoms with Gasteiger partial charge in [0.1, 0.15) is 11.6 Å². The van der Waals surface area contributed by atoms with Gasteiger partial charge in [-0.25, -0.2) is 0 Å². The number of hydrogen-bond acceptors (Lipinski definition) is 1. The summed E-state index contributed by atoms with van der Waals surface area (Å²) in [5.74, 6) is 1.72. The standard InChI is InChI=1S/C12H19OP/c1-8(2)11-6-5-9(3)12(7-11)13-10(4)14/h5-8,10H,14H2,1-4H3. The van der Waals surface area contributed by atoms with E-state index in [1.807, 2.05) is 6.92 Å². The second kappa shape index (κ2) is 4.79. The fourth-order valence-corrected chi connectivity index (χ4v) is 1.45. The summed E-state index contributed by atoms with van der Waals surface area (Å²) in [7, 11) is 2.65. The Kier molecular flexibility index (Phi) is 3.95. The first-order valence-corrected chi connectivity index (χ1v) is 5.70. The second-order valence-corrected chi connectivity index (χ2v) is 4.94. The van der Waals surface area contributed by atoms with Crippen molar-refractivity contribution in [1.82, 2.24) is 0 Å². The Hall–Kier alpha value is -0.550. The Morgan fingerprint density at radius 2 is 1.86 bits per heavy atom. The van der Waals surface area contributed by atoms with Crippen LogP contribution in [0.25, 0.3) is 0 Å². The Labute approximate surface area is 89.1 Å². The minimum atomic E-state index is 0.163. The van der Waals surface area contributed by atoms with Gasteiger partial charge < -0.3 is 4.74 Å². The molecule has 0 N–H and O–H groups in total. The van der Waals surface area contributed by atoms with E-state index in [1.165, 1.54) is 11.1 Å². The molecule has 2 atom stereocenters. The number of benzene rings is 1. The van der Waals surface area contributed by atoms with Crippen molar-refractivity contribution in [3.63, 3.8) is 0 Å². The highest BCUT2D eigenvalue weighted by atomic mass is 31.0. The quantitative estimate of drug-likeness (QED) is 0.691. The number of ether oxygens (including phenoxy) is 1. The summed E-state index contributed by atoms with van der Waals surface area (Å²) in [6.07, 6.45) is 0. The predicted molar refractivity (Wildman–Crippen MR) is 65.1 cm³/mol. The Bertz CT molecular complexity index is 305. The van der Waals surface area contributed by atoms with E-state index in [4.69, 9.17) is 4.74 Å². The summed E-state index contributed by atoms with van der Waals surface area (Å²) in [5.41, 5.74) is 2.53. The monoisotopic (exact) mass is 210 g/mol. The lowest BCUT2D eigenvalue weighted by Gasteiger charge is -2.14. The summed E-state index contributed by atoms with van der Waals surface area (Å²) in [5, 5.41) is 0. The predicted octanol–water partition coefficient (Wildman–Crippen LogP) is 3.72. The fourth-order valence-electron chi connectivity index (χ4n) is 1.30. The van der Waals surface area contributed by atoms with E-state index in [2.05, 4.69) is 48.2 Å². The smallest absolute Gasteiger partial charge is 0.123 e. The van der Waals surface area contributed by atoms with Gasteiger partial charge in [0.2, 0.25) is 0 Å². The third-order valence-electron chi connectivity index (χ3n) is 2.19. The van der Waals surface area contributed by atoms with Gasteiger partial charge in [0.15, 0.2) is 0 Å². The van der Waals surface area contributed by atoms with E-state index < -0.39 is 0 Å². The van der Waals surface area contributed by atoms with Crippen molar-refractivity contribution in [2.45, 2.75) is 39.5 Å². The third kappa shape index (κ3) is 2.99. The van der Waals surface area contributed by atoms with Crippen LogP contribution in [0.1, 0.15) is 37.8 Å². The molecule has 78 valence electrons. The van der Waals surface area contributed by atoms with E-state index in [1.54, 1.807) is 0 Å². The number of rotatable bonds is 3. The molecule has 0 heterocycles. The minimum absolute atomic E-state index is 0.163. The average Bonchev–Trinajstić information content (AvgIpc) is 2.07.